The minimum absolute atomic E-state index is 0.0495. The molecule has 0 atom stereocenters. The number of nitriles is 1. The number of carboxylic acids is 1. The summed E-state index contributed by atoms with van der Waals surface area (Å²) in [4.78, 5) is 22.7. The molecular formula is C14H15N3O4. The second-order valence-electron chi connectivity index (χ2n) is 3.96. The van der Waals surface area contributed by atoms with Crippen LogP contribution in [-0.2, 0) is 9.53 Å². The average Bonchev–Trinajstić information content (AvgIpc) is 2.47. The molecule has 0 aliphatic rings. The van der Waals surface area contributed by atoms with Crippen molar-refractivity contribution in [2.45, 2.75) is 0 Å². The van der Waals surface area contributed by atoms with E-state index in [2.05, 4.69) is 10.6 Å². The van der Waals surface area contributed by atoms with Crippen molar-refractivity contribution in [3.63, 3.8) is 0 Å². The zero-order chi connectivity index (χ0) is 15.7. The van der Waals surface area contributed by atoms with Crippen LogP contribution in [0.25, 0.3) is 0 Å². The number of anilines is 1. The number of hydrogen-bond donors (Lipinski definition) is 3. The van der Waals surface area contributed by atoms with Crippen molar-refractivity contribution in [3.05, 3.63) is 41.6 Å². The number of benzene rings is 1. The van der Waals surface area contributed by atoms with Gasteiger partial charge in [0.05, 0.1) is 12.2 Å². The molecule has 1 aromatic carbocycles. The summed E-state index contributed by atoms with van der Waals surface area (Å²) < 4.78 is 4.82. The van der Waals surface area contributed by atoms with E-state index in [-0.39, 0.29) is 11.1 Å². The number of rotatable bonds is 7. The Balaban J connectivity index is 2.72. The van der Waals surface area contributed by atoms with Crippen LogP contribution in [0.3, 0.4) is 0 Å². The maximum Gasteiger partial charge on any atom is 0.335 e. The van der Waals surface area contributed by atoms with E-state index in [1.807, 2.05) is 0 Å². The van der Waals surface area contributed by atoms with Crippen molar-refractivity contribution in [1.29, 1.82) is 5.26 Å². The van der Waals surface area contributed by atoms with Crippen LogP contribution in [0.4, 0.5) is 5.69 Å². The van der Waals surface area contributed by atoms with Crippen LogP contribution in [0.15, 0.2) is 36.0 Å². The van der Waals surface area contributed by atoms with Crippen LogP contribution in [-0.4, -0.2) is 37.2 Å². The summed E-state index contributed by atoms with van der Waals surface area (Å²) in [5, 5.41) is 23.0. The molecule has 110 valence electrons. The first-order chi connectivity index (χ1) is 10.1. The maximum atomic E-state index is 11.9. The number of nitrogens with one attached hydrogen (secondary N) is 2. The van der Waals surface area contributed by atoms with Crippen LogP contribution < -0.4 is 10.6 Å². The predicted octanol–water partition coefficient (Wildman–Crippen LogP) is 0.967. The number of carboxylic acid groups (broad SMARTS) is 1. The molecule has 0 saturated carbocycles. The summed E-state index contributed by atoms with van der Waals surface area (Å²) in [5.41, 5.74) is 0.235. The van der Waals surface area contributed by atoms with E-state index in [0.717, 1.165) is 0 Å². The van der Waals surface area contributed by atoms with Gasteiger partial charge in [0.15, 0.2) is 0 Å². The normalized spacial score (nSPS) is 10.6. The van der Waals surface area contributed by atoms with Gasteiger partial charge in [-0.2, -0.15) is 5.26 Å². The van der Waals surface area contributed by atoms with Gasteiger partial charge in [-0.25, -0.2) is 4.79 Å². The lowest BCUT2D eigenvalue weighted by Crippen LogP contribution is -2.19. The van der Waals surface area contributed by atoms with Crippen LogP contribution in [0.2, 0.25) is 0 Å². The SMILES string of the molecule is COCCN/C=C(/C#N)C(=O)Nc1cccc(C(=O)O)c1. The molecule has 1 aromatic rings. The summed E-state index contributed by atoms with van der Waals surface area (Å²) in [6.07, 6.45) is 1.29. The number of aromatic carboxylic acids is 1. The lowest BCUT2D eigenvalue weighted by molar-refractivity contribution is -0.112. The molecule has 0 aliphatic heterocycles. The second-order valence-corrected chi connectivity index (χ2v) is 3.96. The van der Waals surface area contributed by atoms with E-state index in [4.69, 9.17) is 15.1 Å². The molecule has 0 spiro atoms. The smallest absolute Gasteiger partial charge is 0.335 e. The van der Waals surface area contributed by atoms with Crippen LogP contribution >= 0.6 is 0 Å². The van der Waals surface area contributed by atoms with E-state index >= 15 is 0 Å². The molecule has 7 heteroatoms. The van der Waals surface area contributed by atoms with E-state index in [1.165, 1.54) is 30.5 Å². The molecule has 0 aliphatic carbocycles. The zero-order valence-corrected chi connectivity index (χ0v) is 11.4. The van der Waals surface area contributed by atoms with Crippen molar-refractivity contribution >= 4 is 17.6 Å². The van der Waals surface area contributed by atoms with Gasteiger partial charge in [0.25, 0.3) is 5.91 Å². The maximum absolute atomic E-state index is 11.9. The average molecular weight is 289 g/mol. The highest BCUT2D eigenvalue weighted by Gasteiger charge is 2.10. The van der Waals surface area contributed by atoms with Crippen molar-refractivity contribution in [1.82, 2.24) is 5.32 Å². The number of carbonyl (C=O) groups excluding carboxylic acids is 1. The summed E-state index contributed by atoms with van der Waals surface area (Å²) in [6, 6.07) is 7.53. The molecule has 0 bridgehead atoms. The van der Waals surface area contributed by atoms with Gasteiger partial charge in [-0.1, -0.05) is 6.07 Å². The van der Waals surface area contributed by atoms with Crippen molar-refractivity contribution < 1.29 is 19.4 Å². The highest BCUT2D eigenvalue weighted by atomic mass is 16.5. The lowest BCUT2D eigenvalue weighted by Gasteiger charge is -2.05. The minimum Gasteiger partial charge on any atom is -0.478 e. The first kappa shape index (κ1) is 16.2. The molecule has 0 heterocycles. The highest BCUT2D eigenvalue weighted by Crippen LogP contribution is 2.11. The van der Waals surface area contributed by atoms with Crippen LogP contribution in [0.1, 0.15) is 10.4 Å². The highest BCUT2D eigenvalue weighted by molar-refractivity contribution is 6.06. The monoisotopic (exact) mass is 289 g/mol. The Morgan fingerprint density at radius 1 is 1.48 bits per heavy atom. The van der Waals surface area contributed by atoms with E-state index in [0.29, 0.717) is 18.8 Å². The van der Waals surface area contributed by atoms with Gasteiger partial charge in [-0.05, 0) is 18.2 Å². The predicted molar refractivity (Wildman–Crippen MR) is 75.6 cm³/mol. The number of ether oxygens (including phenoxy) is 1. The molecule has 0 aromatic heterocycles. The number of carbonyl (C=O) groups is 2. The molecule has 21 heavy (non-hydrogen) atoms. The fraction of sp³-hybridized carbons (Fsp3) is 0.214. The van der Waals surface area contributed by atoms with Gasteiger partial charge in [0, 0.05) is 25.5 Å². The third-order valence-corrected chi connectivity index (χ3v) is 2.43. The van der Waals surface area contributed by atoms with Crippen molar-refractivity contribution in [3.8, 4) is 6.07 Å². The molecule has 1 rings (SSSR count). The van der Waals surface area contributed by atoms with Gasteiger partial charge in [0.1, 0.15) is 11.6 Å². The quantitative estimate of drug-likeness (QED) is 0.392. The molecule has 0 radical (unpaired) electrons. The third kappa shape index (κ3) is 5.34. The summed E-state index contributed by atoms with van der Waals surface area (Å²) in [7, 11) is 1.54. The Bertz CT molecular complexity index is 590. The second kappa shape index (κ2) is 8.35. The van der Waals surface area contributed by atoms with Crippen LogP contribution in [0, 0.1) is 11.3 Å². The molecular weight excluding hydrogens is 274 g/mol. The Labute approximate surface area is 121 Å². The molecule has 0 unspecified atom stereocenters. The van der Waals surface area contributed by atoms with Gasteiger partial charge >= 0.3 is 5.97 Å². The lowest BCUT2D eigenvalue weighted by atomic mass is 10.2. The van der Waals surface area contributed by atoms with E-state index in [9.17, 15) is 9.59 Å². The Morgan fingerprint density at radius 3 is 2.86 bits per heavy atom. The van der Waals surface area contributed by atoms with Gasteiger partial charge in [-0.3, -0.25) is 4.79 Å². The molecule has 0 fully saturated rings. The molecule has 1 amide bonds. The summed E-state index contributed by atoms with van der Waals surface area (Å²) in [5.74, 6) is -1.71. The van der Waals surface area contributed by atoms with Gasteiger partial charge < -0.3 is 20.5 Å². The van der Waals surface area contributed by atoms with Gasteiger partial charge in [0.2, 0.25) is 0 Å². The standard InChI is InChI=1S/C14H15N3O4/c1-21-6-5-16-9-11(8-15)13(18)17-12-4-2-3-10(7-12)14(19)20/h2-4,7,9,16H,5-6H2,1H3,(H,17,18)(H,19,20)/b11-9-. The first-order valence-corrected chi connectivity index (χ1v) is 6.05. The fourth-order valence-electron chi connectivity index (χ4n) is 1.41. The first-order valence-electron chi connectivity index (χ1n) is 6.05. The van der Waals surface area contributed by atoms with E-state index in [1.54, 1.807) is 13.2 Å². The van der Waals surface area contributed by atoms with E-state index < -0.39 is 11.9 Å². The number of nitrogens with zero attached hydrogens (tertiary/aromatic N) is 1. The largest absolute Gasteiger partial charge is 0.478 e. The third-order valence-electron chi connectivity index (χ3n) is 2.43. The number of amides is 1. The zero-order valence-electron chi connectivity index (χ0n) is 11.4. The Kier molecular flexibility index (Phi) is 6.44. The van der Waals surface area contributed by atoms with Crippen molar-refractivity contribution in [2.75, 3.05) is 25.6 Å². The molecule has 0 saturated heterocycles. The molecule has 3 N–H and O–H groups in total. The Hall–Kier alpha value is -2.85. The number of hydrogen-bond acceptors (Lipinski definition) is 5. The van der Waals surface area contributed by atoms with Crippen molar-refractivity contribution in [2.24, 2.45) is 0 Å². The minimum atomic E-state index is -1.09. The Morgan fingerprint density at radius 2 is 2.24 bits per heavy atom. The van der Waals surface area contributed by atoms with Crippen LogP contribution in [0.5, 0.6) is 0 Å². The number of methoxy groups -OCH3 is 1. The van der Waals surface area contributed by atoms with Gasteiger partial charge in [-0.15, -0.1) is 0 Å². The fourth-order valence-corrected chi connectivity index (χ4v) is 1.41. The molecule has 7 nitrogen and oxygen atoms in total. The summed E-state index contributed by atoms with van der Waals surface area (Å²) >= 11 is 0. The summed E-state index contributed by atoms with van der Waals surface area (Å²) in [6.45, 7) is 0.904. The topological polar surface area (TPSA) is 111 Å².